The van der Waals surface area contributed by atoms with E-state index in [0.29, 0.717) is 11.8 Å². The molecule has 1 fully saturated rings. The molecule has 1 saturated heterocycles. The second-order valence-electron chi connectivity index (χ2n) is 7.36. The highest BCUT2D eigenvalue weighted by Gasteiger charge is 2.22. The molecule has 2 heterocycles. The van der Waals surface area contributed by atoms with Crippen LogP contribution in [0.4, 0.5) is 0 Å². The minimum Gasteiger partial charge on any atom is -0.353 e. The molecule has 0 aliphatic carbocycles. The fourth-order valence-electron chi connectivity index (χ4n) is 3.38. The first-order valence-corrected chi connectivity index (χ1v) is 10.6. The molecular weight excluding hydrogens is 358 g/mol. The summed E-state index contributed by atoms with van der Waals surface area (Å²) in [7, 11) is 0. The number of nitrogens with one attached hydrogen (secondary N) is 1. The SMILES string of the molecule is Cc1nnc(SCC(=O)NC2CCN(C(C)C)CC2)n1Cc1ccccc1. The number of likely N-dealkylation sites (tertiary alicyclic amines) is 1. The van der Waals surface area contributed by atoms with Gasteiger partial charge in [0.15, 0.2) is 5.16 Å². The van der Waals surface area contributed by atoms with Crippen LogP contribution in [-0.4, -0.2) is 56.5 Å². The molecule has 7 heteroatoms. The molecule has 0 unspecified atom stereocenters. The average Bonchev–Trinajstić information content (AvgIpc) is 3.01. The van der Waals surface area contributed by atoms with Gasteiger partial charge in [-0.3, -0.25) is 4.79 Å². The van der Waals surface area contributed by atoms with Gasteiger partial charge in [-0.05, 0) is 39.2 Å². The van der Waals surface area contributed by atoms with Crippen LogP contribution in [0.15, 0.2) is 35.5 Å². The predicted molar refractivity (Wildman–Crippen MR) is 109 cm³/mol. The van der Waals surface area contributed by atoms with E-state index in [-0.39, 0.29) is 11.9 Å². The Morgan fingerprint density at radius 2 is 1.93 bits per heavy atom. The fraction of sp³-hybridized carbons (Fsp3) is 0.550. The van der Waals surface area contributed by atoms with Crippen molar-refractivity contribution >= 4 is 17.7 Å². The molecular formula is C20H29N5OS. The number of carbonyl (C=O) groups is 1. The molecule has 27 heavy (non-hydrogen) atoms. The van der Waals surface area contributed by atoms with Crippen LogP contribution in [0.1, 0.15) is 38.1 Å². The van der Waals surface area contributed by atoms with E-state index in [4.69, 9.17) is 0 Å². The Labute approximate surface area is 165 Å². The van der Waals surface area contributed by atoms with Crippen molar-refractivity contribution in [2.45, 2.75) is 57.4 Å². The molecule has 1 aliphatic rings. The van der Waals surface area contributed by atoms with Crippen molar-refractivity contribution < 1.29 is 4.79 Å². The topological polar surface area (TPSA) is 63.1 Å². The summed E-state index contributed by atoms with van der Waals surface area (Å²) < 4.78 is 2.06. The van der Waals surface area contributed by atoms with Gasteiger partial charge in [0, 0.05) is 25.2 Å². The van der Waals surface area contributed by atoms with Crippen LogP contribution in [0.25, 0.3) is 0 Å². The molecule has 1 aliphatic heterocycles. The van der Waals surface area contributed by atoms with Gasteiger partial charge in [0.1, 0.15) is 5.82 Å². The van der Waals surface area contributed by atoms with Crippen molar-refractivity contribution in [3.05, 3.63) is 41.7 Å². The lowest BCUT2D eigenvalue weighted by atomic mass is 10.0. The highest BCUT2D eigenvalue weighted by molar-refractivity contribution is 7.99. The van der Waals surface area contributed by atoms with Gasteiger partial charge in [-0.25, -0.2) is 0 Å². The van der Waals surface area contributed by atoms with E-state index < -0.39 is 0 Å². The van der Waals surface area contributed by atoms with Gasteiger partial charge in [-0.1, -0.05) is 42.1 Å². The van der Waals surface area contributed by atoms with E-state index in [1.165, 1.54) is 17.3 Å². The van der Waals surface area contributed by atoms with Gasteiger partial charge in [0.25, 0.3) is 0 Å². The number of hydrogen-bond donors (Lipinski definition) is 1. The summed E-state index contributed by atoms with van der Waals surface area (Å²) in [6, 6.07) is 11.1. The quantitative estimate of drug-likeness (QED) is 0.740. The summed E-state index contributed by atoms with van der Waals surface area (Å²) in [5, 5.41) is 12.4. The van der Waals surface area contributed by atoms with E-state index in [9.17, 15) is 4.79 Å². The zero-order chi connectivity index (χ0) is 19.2. The lowest BCUT2D eigenvalue weighted by molar-refractivity contribution is -0.119. The Bertz CT molecular complexity index is 738. The first-order chi connectivity index (χ1) is 13.0. The second kappa shape index (κ2) is 9.37. The van der Waals surface area contributed by atoms with Crippen molar-refractivity contribution in [2.24, 2.45) is 0 Å². The number of nitrogens with zero attached hydrogens (tertiary/aromatic N) is 4. The predicted octanol–water partition coefficient (Wildman–Crippen LogP) is 2.72. The first kappa shape index (κ1) is 19.9. The number of piperidine rings is 1. The zero-order valence-electron chi connectivity index (χ0n) is 16.4. The summed E-state index contributed by atoms with van der Waals surface area (Å²) in [6.45, 7) is 9.23. The van der Waals surface area contributed by atoms with Crippen LogP contribution in [0.2, 0.25) is 0 Å². The number of hydrogen-bond acceptors (Lipinski definition) is 5. The van der Waals surface area contributed by atoms with Crippen LogP contribution in [-0.2, 0) is 11.3 Å². The number of rotatable bonds is 7. The van der Waals surface area contributed by atoms with E-state index >= 15 is 0 Å². The Morgan fingerprint density at radius 3 is 2.59 bits per heavy atom. The molecule has 0 atom stereocenters. The smallest absolute Gasteiger partial charge is 0.230 e. The van der Waals surface area contributed by atoms with Crippen molar-refractivity contribution in [1.29, 1.82) is 0 Å². The Kier molecular flexibility index (Phi) is 6.90. The van der Waals surface area contributed by atoms with Crippen LogP contribution in [0.5, 0.6) is 0 Å². The molecule has 0 saturated carbocycles. The van der Waals surface area contributed by atoms with Gasteiger partial charge in [-0.15, -0.1) is 10.2 Å². The van der Waals surface area contributed by atoms with E-state index in [0.717, 1.165) is 43.5 Å². The van der Waals surface area contributed by atoms with Gasteiger partial charge in [0.2, 0.25) is 5.91 Å². The molecule has 0 bridgehead atoms. The van der Waals surface area contributed by atoms with Crippen LogP contribution >= 0.6 is 11.8 Å². The first-order valence-electron chi connectivity index (χ1n) is 9.63. The number of thioether (sulfide) groups is 1. The number of aromatic nitrogens is 3. The summed E-state index contributed by atoms with van der Waals surface area (Å²) in [4.78, 5) is 14.8. The second-order valence-corrected chi connectivity index (χ2v) is 8.30. The zero-order valence-corrected chi connectivity index (χ0v) is 17.2. The molecule has 1 N–H and O–H groups in total. The molecule has 0 spiro atoms. The van der Waals surface area contributed by atoms with Crippen LogP contribution < -0.4 is 5.32 Å². The monoisotopic (exact) mass is 387 g/mol. The molecule has 0 radical (unpaired) electrons. The number of benzene rings is 1. The number of amides is 1. The van der Waals surface area contributed by atoms with E-state index in [1.54, 1.807) is 0 Å². The summed E-state index contributed by atoms with van der Waals surface area (Å²) in [5.74, 6) is 1.31. The van der Waals surface area contributed by atoms with Gasteiger partial charge in [-0.2, -0.15) is 0 Å². The Hall–Kier alpha value is -1.86. The third kappa shape index (κ3) is 5.56. The maximum Gasteiger partial charge on any atom is 0.230 e. The lowest BCUT2D eigenvalue weighted by Gasteiger charge is -2.34. The third-order valence-electron chi connectivity index (χ3n) is 5.04. The Balaban J connectivity index is 1.50. The van der Waals surface area contributed by atoms with Crippen molar-refractivity contribution in [3.8, 4) is 0 Å². The molecule has 2 aromatic rings. The fourth-order valence-corrected chi connectivity index (χ4v) is 4.17. The number of carbonyl (C=O) groups excluding carboxylic acids is 1. The van der Waals surface area contributed by atoms with Crippen molar-refractivity contribution in [1.82, 2.24) is 25.0 Å². The van der Waals surface area contributed by atoms with Crippen molar-refractivity contribution in [3.63, 3.8) is 0 Å². The van der Waals surface area contributed by atoms with Gasteiger partial charge < -0.3 is 14.8 Å². The number of aryl methyl sites for hydroxylation is 1. The summed E-state index contributed by atoms with van der Waals surface area (Å²) >= 11 is 1.46. The normalized spacial score (nSPS) is 16.0. The van der Waals surface area contributed by atoms with E-state index in [1.807, 2.05) is 25.1 Å². The van der Waals surface area contributed by atoms with Gasteiger partial charge >= 0.3 is 0 Å². The van der Waals surface area contributed by atoms with Gasteiger partial charge in [0.05, 0.1) is 12.3 Å². The molecule has 1 aromatic heterocycles. The summed E-state index contributed by atoms with van der Waals surface area (Å²) in [5.41, 5.74) is 1.20. The maximum absolute atomic E-state index is 12.4. The minimum atomic E-state index is 0.0786. The molecule has 1 aromatic carbocycles. The highest BCUT2D eigenvalue weighted by Crippen LogP contribution is 2.19. The highest BCUT2D eigenvalue weighted by atomic mass is 32.2. The molecule has 6 nitrogen and oxygen atoms in total. The molecule has 3 rings (SSSR count). The standard InChI is InChI=1S/C20H29N5OS/c1-15(2)24-11-9-18(10-12-24)21-19(26)14-27-20-23-22-16(3)25(20)13-17-7-5-4-6-8-17/h4-8,15,18H,9-14H2,1-3H3,(H,21,26). The average molecular weight is 388 g/mol. The summed E-state index contributed by atoms with van der Waals surface area (Å²) in [6.07, 6.45) is 2.05. The third-order valence-corrected chi connectivity index (χ3v) is 6.01. The molecule has 1 amide bonds. The minimum absolute atomic E-state index is 0.0786. The van der Waals surface area contributed by atoms with Crippen LogP contribution in [0.3, 0.4) is 0 Å². The Morgan fingerprint density at radius 1 is 1.22 bits per heavy atom. The van der Waals surface area contributed by atoms with Crippen molar-refractivity contribution in [2.75, 3.05) is 18.8 Å². The largest absolute Gasteiger partial charge is 0.353 e. The molecule has 146 valence electrons. The lowest BCUT2D eigenvalue weighted by Crippen LogP contribution is -2.47. The maximum atomic E-state index is 12.4. The van der Waals surface area contributed by atoms with Crippen LogP contribution in [0, 0.1) is 6.92 Å². The van der Waals surface area contributed by atoms with E-state index in [2.05, 4.69) is 51.0 Å².